The zero-order chi connectivity index (χ0) is 19.4. The first-order valence-corrected chi connectivity index (χ1v) is 9.98. The quantitative estimate of drug-likeness (QED) is 0.271. The van der Waals surface area contributed by atoms with Crippen molar-refractivity contribution in [3.8, 4) is 11.3 Å². The van der Waals surface area contributed by atoms with E-state index < -0.39 is 0 Å². The highest BCUT2D eigenvalue weighted by Gasteiger charge is 2.12. The number of fused-ring (bicyclic) bond motifs is 6. The Morgan fingerprint density at radius 1 is 0.517 bits per heavy atom. The van der Waals surface area contributed by atoms with E-state index in [0.717, 1.165) is 5.69 Å². The molecule has 136 valence electrons. The first-order valence-electron chi connectivity index (χ1n) is 9.98. The molecule has 1 nitrogen and oxygen atoms in total. The van der Waals surface area contributed by atoms with Gasteiger partial charge in [-0.3, -0.25) is 4.98 Å². The predicted molar refractivity (Wildman–Crippen MR) is 124 cm³/mol. The van der Waals surface area contributed by atoms with Gasteiger partial charge in [0.05, 0.1) is 5.69 Å². The Kier molecular flexibility index (Phi) is 3.45. The molecule has 0 unspecified atom stereocenters. The molecule has 0 saturated carbocycles. The lowest BCUT2D eigenvalue weighted by Crippen LogP contribution is -1.91. The highest BCUT2D eigenvalue weighted by Crippen LogP contribution is 2.36. The topological polar surface area (TPSA) is 12.9 Å². The van der Waals surface area contributed by atoms with Gasteiger partial charge in [-0.25, -0.2) is 0 Å². The van der Waals surface area contributed by atoms with Crippen molar-refractivity contribution in [3.63, 3.8) is 0 Å². The molecular weight excluding hydrogens is 350 g/mol. The van der Waals surface area contributed by atoms with Crippen molar-refractivity contribution in [2.24, 2.45) is 0 Å². The lowest BCUT2D eigenvalue weighted by Gasteiger charge is -2.13. The van der Waals surface area contributed by atoms with Crippen LogP contribution in [0.2, 0.25) is 0 Å². The average Bonchev–Trinajstić information content (AvgIpc) is 2.78. The molecule has 0 atom stereocenters. The van der Waals surface area contributed by atoms with Gasteiger partial charge in [0.25, 0.3) is 0 Å². The SMILES string of the molecule is Cc1cc2ccccc2cc1-c1nccc2c1ccc1c3ccccc3ccc21. The summed E-state index contributed by atoms with van der Waals surface area (Å²) >= 11 is 0. The maximum Gasteiger partial charge on any atom is 0.0783 e. The van der Waals surface area contributed by atoms with Crippen LogP contribution in [0.3, 0.4) is 0 Å². The van der Waals surface area contributed by atoms with E-state index in [2.05, 4.69) is 97.9 Å². The van der Waals surface area contributed by atoms with Gasteiger partial charge in [0.1, 0.15) is 0 Å². The van der Waals surface area contributed by atoms with Gasteiger partial charge >= 0.3 is 0 Å². The normalized spacial score (nSPS) is 11.6. The first-order chi connectivity index (χ1) is 14.3. The van der Waals surface area contributed by atoms with Crippen LogP contribution in [-0.2, 0) is 0 Å². The van der Waals surface area contributed by atoms with Gasteiger partial charge in [-0.1, -0.05) is 78.9 Å². The number of rotatable bonds is 1. The van der Waals surface area contributed by atoms with Gasteiger partial charge in [-0.2, -0.15) is 0 Å². The second kappa shape index (κ2) is 6.15. The van der Waals surface area contributed by atoms with Gasteiger partial charge in [0.15, 0.2) is 0 Å². The van der Waals surface area contributed by atoms with E-state index in [1.54, 1.807) is 0 Å². The van der Waals surface area contributed by atoms with Crippen LogP contribution >= 0.6 is 0 Å². The summed E-state index contributed by atoms with van der Waals surface area (Å²) in [4.78, 5) is 4.81. The van der Waals surface area contributed by atoms with Gasteiger partial charge < -0.3 is 0 Å². The fraction of sp³-hybridized carbons (Fsp3) is 0.0357. The van der Waals surface area contributed by atoms with Crippen LogP contribution in [-0.4, -0.2) is 4.98 Å². The van der Waals surface area contributed by atoms with Gasteiger partial charge in [0, 0.05) is 17.1 Å². The summed E-state index contributed by atoms with van der Waals surface area (Å²) in [6.07, 6.45) is 1.95. The Morgan fingerprint density at radius 3 is 2.00 bits per heavy atom. The van der Waals surface area contributed by atoms with Crippen molar-refractivity contribution in [2.75, 3.05) is 0 Å². The van der Waals surface area contributed by atoms with Crippen molar-refractivity contribution in [1.29, 1.82) is 0 Å². The molecule has 0 radical (unpaired) electrons. The van der Waals surface area contributed by atoms with Gasteiger partial charge in [-0.15, -0.1) is 0 Å². The Hall–Kier alpha value is -3.71. The highest BCUT2D eigenvalue weighted by atomic mass is 14.7. The van der Waals surface area contributed by atoms with Crippen LogP contribution in [0.1, 0.15) is 5.56 Å². The summed E-state index contributed by atoms with van der Waals surface area (Å²) in [5, 5.41) is 10.1. The number of benzene rings is 5. The summed E-state index contributed by atoms with van der Waals surface area (Å²) in [5.41, 5.74) is 3.51. The minimum Gasteiger partial charge on any atom is -0.256 e. The highest BCUT2D eigenvalue weighted by molar-refractivity contribution is 6.19. The number of hydrogen-bond acceptors (Lipinski definition) is 1. The monoisotopic (exact) mass is 369 g/mol. The van der Waals surface area contributed by atoms with Crippen LogP contribution in [0.5, 0.6) is 0 Å². The summed E-state index contributed by atoms with van der Waals surface area (Å²) in [7, 11) is 0. The molecule has 1 heteroatoms. The van der Waals surface area contributed by atoms with E-state index in [9.17, 15) is 0 Å². The fourth-order valence-corrected chi connectivity index (χ4v) is 4.58. The standard InChI is InChI=1S/C28H19N/c1-18-16-20-7-2-3-8-21(20)17-27(18)28-26-13-12-23-22-9-5-4-6-19(22)10-11-24(23)25(26)14-15-29-28/h2-17H,1H3. The Morgan fingerprint density at radius 2 is 1.14 bits per heavy atom. The van der Waals surface area contributed by atoms with E-state index in [-0.39, 0.29) is 0 Å². The zero-order valence-corrected chi connectivity index (χ0v) is 16.2. The van der Waals surface area contributed by atoms with Crippen molar-refractivity contribution >= 4 is 43.1 Å². The molecule has 1 aromatic heterocycles. The second-order valence-electron chi connectivity index (χ2n) is 7.72. The summed E-state index contributed by atoms with van der Waals surface area (Å²) < 4.78 is 0. The van der Waals surface area contributed by atoms with Crippen molar-refractivity contribution < 1.29 is 0 Å². The Balaban J connectivity index is 1.69. The van der Waals surface area contributed by atoms with Gasteiger partial charge in [-0.05, 0) is 62.3 Å². The summed E-state index contributed by atoms with van der Waals surface area (Å²) in [5.74, 6) is 0. The Labute approximate surface area is 169 Å². The smallest absolute Gasteiger partial charge is 0.0783 e. The van der Waals surface area contributed by atoms with Crippen LogP contribution < -0.4 is 0 Å². The summed E-state index contributed by atoms with van der Waals surface area (Å²) in [6.45, 7) is 2.18. The molecule has 0 aliphatic carbocycles. The number of nitrogens with zero attached hydrogens (tertiary/aromatic N) is 1. The number of aryl methyl sites for hydroxylation is 1. The average molecular weight is 369 g/mol. The number of pyridine rings is 1. The molecule has 5 aromatic carbocycles. The molecule has 0 aliphatic heterocycles. The minimum absolute atomic E-state index is 1.06. The molecular formula is C28H19N. The van der Waals surface area contributed by atoms with E-state index in [1.165, 1.54) is 54.2 Å². The van der Waals surface area contributed by atoms with E-state index >= 15 is 0 Å². The van der Waals surface area contributed by atoms with E-state index in [1.807, 2.05) is 6.20 Å². The van der Waals surface area contributed by atoms with Crippen LogP contribution in [0, 0.1) is 6.92 Å². The second-order valence-corrected chi connectivity index (χ2v) is 7.72. The lowest BCUT2D eigenvalue weighted by atomic mass is 9.93. The molecule has 0 N–H and O–H groups in total. The van der Waals surface area contributed by atoms with Crippen molar-refractivity contribution in [3.05, 3.63) is 103 Å². The molecule has 0 bridgehead atoms. The zero-order valence-electron chi connectivity index (χ0n) is 16.2. The number of hydrogen-bond donors (Lipinski definition) is 0. The lowest BCUT2D eigenvalue weighted by molar-refractivity contribution is 1.34. The third-order valence-electron chi connectivity index (χ3n) is 6.02. The fourth-order valence-electron chi connectivity index (χ4n) is 4.58. The molecule has 0 fully saturated rings. The molecule has 1 heterocycles. The third-order valence-corrected chi connectivity index (χ3v) is 6.02. The molecule has 6 aromatic rings. The van der Waals surface area contributed by atoms with Crippen LogP contribution in [0.25, 0.3) is 54.3 Å². The Bertz CT molecular complexity index is 1560. The third kappa shape index (κ3) is 2.44. The molecule has 0 amide bonds. The van der Waals surface area contributed by atoms with Crippen molar-refractivity contribution in [2.45, 2.75) is 6.92 Å². The predicted octanol–water partition coefficient (Wildman–Crippen LogP) is 7.67. The van der Waals surface area contributed by atoms with Gasteiger partial charge in [0.2, 0.25) is 0 Å². The van der Waals surface area contributed by atoms with E-state index in [0.29, 0.717) is 0 Å². The minimum atomic E-state index is 1.06. The summed E-state index contributed by atoms with van der Waals surface area (Å²) in [6, 6.07) is 32.8. The molecule has 0 saturated heterocycles. The maximum atomic E-state index is 4.81. The maximum absolute atomic E-state index is 4.81. The van der Waals surface area contributed by atoms with Crippen molar-refractivity contribution in [1.82, 2.24) is 4.98 Å². The van der Waals surface area contributed by atoms with Crippen LogP contribution in [0.4, 0.5) is 0 Å². The molecule has 29 heavy (non-hydrogen) atoms. The molecule has 6 rings (SSSR count). The molecule has 0 aliphatic rings. The first kappa shape index (κ1) is 16.3. The largest absolute Gasteiger partial charge is 0.256 e. The van der Waals surface area contributed by atoms with E-state index in [4.69, 9.17) is 4.98 Å². The molecule has 0 spiro atoms. The number of aromatic nitrogens is 1. The van der Waals surface area contributed by atoms with Crippen LogP contribution in [0.15, 0.2) is 97.2 Å².